The number of hydrogen-bond acceptors (Lipinski definition) is 6. The first-order valence-corrected chi connectivity index (χ1v) is 12.2. The van der Waals surface area contributed by atoms with Crippen LogP contribution < -0.4 is 10.6 Å². The van der Waals surface area contributed by atoms with Crippen molar-refractivity contribution in [3.63, 3.8) is 0 Å². The van der Waals surface area contributed by atoms with Crippen molar-refractivity contribution in [1.82, 2.24) is 10.3 Å². The molecule has 8 nitrogen and oxygen atoms in total. The fraction of sp³-hybridized carbons (Fsp3) is 0.350. The van der Waals surface area contributed by atoms with Crippen LogP contribution in [0.4, 0.5) is 14.9 Å². The summed E-state index contributed by atoms with van der Waals surface area (Å²) in [6, 6.07) is 5.88. The minimum Gasteiger partial charge on any atom is -0.465 e. The topological polar surface area (TPSA) is 121 Å². The summed E-state index contributed by atoms with van der Waals surface area (Å²) in [7, 11) is -3.88. The first-order chi connectivity index (χ1) is 14.7. The Hall–Kier alpha value is -2.24. The van der Waals surface area contributed by atoms with Crippen LogP contribution in [-0.2, 0) is 21.9 Å². The number of sulfone groups is 1. The van der Waals surface area contributed by atoms with Gasteiger partial charge in [-0.05, 0) is 61.0 Å². The van der Waals surface area contributed by atoms with Gasteiger partial charge in [0.05, 0.1) is 23.0 Å². The van der Waals surface area contributed by atoms with Gasteiger partial charge in [-0.25, -0.2) is 17.6 Å². The number of rotatable bonds is 4. The third-order valence-electron chi connectivity index (χ3n) is 5.29. The van der Waals surface area contributed by atoms with E-state index in [2.05, 4.69) is 36.5 Å². The lowest BCUT2D eigenvalue weighted by molar-refractivity contribution is 0.199. The molecule has 0 saturated carbocycles. The van der Waals surface area contributed by atoms with Gasteiger partial charge in [-0.3, -0.25) is 15.3 Å². The zero-order chi connectivity index (χ0) is 23.9. The molecule has 1 amide bonds. The normalized spacial score (nSPS) is 21.5. The molecule has 0 radical (unpaired) electrons. The number of hydrogen-bond donors (Lipinski definition) is 3. The Morgan fingerprint density at radius 3 is 2.62 bits per heavy atom. The highest BCUT2D eigenvalue weighted by Crippen LogP contribution is 2.39. The van der Waals surface area contributed by atoms with E-state index in [9.17, 15) is 17.6 Å². The predicted octanol–water partition coefficient (Wildman–Crippen LogP) is 4.34. The smallest absolute Gasteiger partial charge is 0.410 e. The third kappa shape index (κ3) is 4.74. The zero-order valence-electron chi connectivity index (χ0n) is 17.4. The summed E-state index contributed by atoms with van der Waals surface area (Å²) in [5.74, 6) is -1.40. The van der Waals surface area contributed by atoms with Crippen LogP contribution in [0.1, 0.15) is 32.0 Å². The summed E-state index contributed by atoms with van der Waals surface area (Å²) in [5, 5.41) is 14.8. The molecule has 12 heteroatoms. The maximum atomic E-state index is 14.8. The molecule has 0 aliphatic carbocycles. The van der Waals surface area contributed by atoms with Crippen LogP contribution >= 0.6 is 27.5 Å². The van der Waals surface area contributed by atoms with Crippen molar-refractivity contribution >= 4 is 55.0 Å². The van der Waals surface area contributed by atoms with Gasteiger partial charge in [0.15, 0.2) is 9.84 Å². The number of halogens is 3. The van der Waals surface area contributed by atoms with Crippen molar-refractivity contribution in [3.05, 3.63) is 57.0 Å². The number of aromatic nitrogens is 1. The molecule has 1 aliphatic rings. The van der Waals surface area contributed by atoms with Crippen molar-refractivity contribution in [3.8, 4) is 0 Å². The molecule has 0 spiro atoms. The van der Waals surface area contributed by atoms with Crippen LogP contribution in [0.3, 0.4) is 0 Å². The average Bonchev–Trinajstić information content (AvgIpc) is 2.66. The highest BCUT2D eigenvalue weighted by molar-refractivity contribution is 9.10. The number of carbonyl (C=O) groups is 1. The van der Waals surface area contributed by atoms with E-state index in [1.165, 1.54) is 45.2 Å². The van der Waals surface area contributed by atoms with Gasteiger partial charge < -0.3 is 10.4 Å². The first-order valence-electron chi connectivity index (χ1n) is 9.41. The van der Waals surface area contributed by atoms with Gasteiger partial charge in [0.1, 0.15) is 21.9 Å². The largest absolute Gasteiger partial charge is 0.465 e. The molecule has 1 aliphatic heterocycles. The lowest BCUT2D eigenvalue weighted by atomic mass is 9.92. The second kappa shape index (κ2) is 8.60. The Bertz CT molecular complexity index is 1220. The SMILES string of the molecule is CC1(c2cc(NCc3ncc(Cl)cc3Br)ccc2F)CS(=O)(=O)C(C)(C)C(NC(=O)O)=N1. The first kappa shape index (κ1) is 24.4. The van der Waals surface area contributed by atoms with Crippen molar-refractivity contribution < 1.29 is 22.7 Å². The van der Waals surface area contributed by atoms with Gasteiger partial charge in [0, 0.05) is 21.9 Å². The van der Waals surface area contributed by atoms with Crippen LogP contribution in [-0.4, -0.2) is 40.9 Å². The fourth-order valence-corrected chi connectivity index (χ4v) is 5.83. The Kier molecular flexibility index (Phi) is 6.56. The summed E-state index contributed by atoms with van der Waals surface area (Å²) >= 11 is 9.28. The van der Waals surface area contributed by atoms with E-state index in [4.69, 9.17) is 16.7 Å². The van der Waals surface area contributed by atoms with Crippen molar-refractivity contribution in [2.75, 3.05) is 11.1 Å². The Morgan fingerprint density at radius 1 is 1.31 bits per heavy atom. The molecule has 1 unspecified atom stereocenters. The van der Waals surface area contributed by atoms with E-state index in [0.717, 1.165) is 0 Å². The van der Waals surface area contributed by atoms with E-state index >= 15 is 0 Å². The van der Waals surface area contributed by atoms with E-state index < -0.39 is 37.8 Å². The lowest BCUT2D eigenvalue weighted by Crippen LogP contribution is -2.57. The number of anilines is 1. The zero-order valence-corrected chi connectivity index (χ0v) is 20.6. The highest BCUT2D eigenvalue weighted by Gasteiger charge is 2.50. The van der Waals surface area contributed by atoms with E-state index in [0.29, 0.717) is 27.4 Å². The number of carboxylic acid groups (broad SMARTS) is 1. The molecule has 3 N–H and O–H groups in total. The molecule has 3 rings (SSSR count). The number of benzene rings is 1. The van der Waals surface area contributed by atoms with Crippen molar-refractivity contribution in [2.45, 2.75) is 37.6 Å². The molecule has 1 aromatic heterocycles. The maximum Gasteiger partial charge on any atom is 0.410 e. The number of amides is 1. The summed E-state index contributed by atoms with van der Waals surface area (Å²) in [5.41, 5.74) is -0.335. The number of pyridine rings is 1. The number of nitrogens with zero attached hydrogens (tertiary/aromatic N) is 2. The number of aliphatic imine (C=N–C) groups is 1. The van der Waals surface area contributed by atoms with Gasteiger partial charge in [0.25, 0.3) is 0 Å². The molecular weight excluding hydrogens is 527 g/mol. The molecule has 0 bridgehead atoms. The number of nitrogens with one attached hydrogen (secondary N) is 2. The summed E-state index contributed by atoms with van der Waals surface area (Å²) in [4.78, 5) is 19.8. The van der Waals surface area contributed by atoms with Crippen LogP contribution in [0.5, 0.6) is 0 Å². The molecule has 2 aromatic rings. The molecule has 172 valence electrons. The van der Waals surface area contributed by atoms with Crippen LogP contribution in [0.2, 0.25) is 5.02 Å². The summed E-state index contributed by atoms with van der Waals surface area (Å²) in [6.45, 7) is 4.48. The quantitative estimate of drug-likeness (QED) is 0.524. The summed E-state index contributed by atoms with van der Waals surface area (Å²) < 4.78 is 39.9. The van der Waals surface area contributed by atoms with Crippen molar-refractivity contribution in [1.29, 1.82) is 0 Å². The van der Waals surface area contributed by atoms with E-state index in [-0.39, 0.29) is 11.4 Å². The predicted molar refractivity (Wildman–Crippen MR) is 124 cm³/mol. The lowest BCUT2D eigenvalue weighted by Gasteiger charge is -2.39. The van der Waals surface area contributed by atoms with E-state index in [1.807, 2.05) is 0 Å². The van der Waals surface area contributed by atoms with Crippen LogP contribution in [0.15, 0.2) is 39.9 Å². The Labute approximate surface area is 198 Å². The van der Waals surface area contributed by atoms with E-state index in [1.54, 1.807) is 6.07 Å². The monoisotopic (exact) mass is 546 g/mol. The second-order valence-corrected chi connectivity index (χ2v) is 11.9. The molecule has 1 aromatic carbocycles. The standard InChI is InChI=1S/C20H21BrClFN4O4S/c1-19(2)17(26-18(28)29)27-20(3,10-32(19,30)31)13-7-12(4-5-15(13)23)24-9-16-14(21)6-11(22)8-25-16/h4-8,24H,9-10H2,1-3H3,(H,26,27)(H,28,29). The van der Waals surface area contributed by atoms with Crippen LogP contribution in [0.25, 0.3) is 0 Å². The molecule has 32 heavy (non-hydrogen) atoms. The number of amidine groups is 1. The van der Waals surface area contributed by atoms with Gasteiger partial charge in [-0.2, -0.15) is 0 Å². The van der Waals surface area contributed by atoms with Gasteiger partial charge in [-0.15, -0.1) is 0 Å². The summed E-state index contributed by atoms with van der Waals surface area (Å²) in [6.07, 6.45) is 0.0500. The third-order valence-corrected chi connectivity index (χ3v) is 8.88. The van der Waals surface area contributed by atoms with Gasteiger partial charge >= 0.3 is 6.09 Å². The highest BCUT2D eigenvalue weighted by atomic mass is 79.9. The molecule has 0 saturated heterocycles. The fourth-order valence-electron chi connectivity index (χ4n) is 3.34. The molecule has 0 fully saturated rings. The Balaban J connectivity index is 2.00. The van der Waals surface area contributed by atoms with Gasteiger partial charge in [0.2, 0.25) is 0 Å². The van der Waals surface area contributed by atoms with Crippen LogP contribution in [0, 0.1) is 5.82 Å². The van der Waals surface area contributed by atoms with Gasteiger partial charge in [-0.1, -0.05) is 11.6 Å². The Morgan fingerprint density at radius 2 is 2.00 bits per heavy atom. The molecule has 2 heterocycles. The molecule has 1 atom stereocenters. The maximum absolute atomic E-state index is 14.8. The minimum atomic E-state index is -3.88. The second-order valence-electron chi connectivity index (χ2n) is 8.06. The molecular formula is C20H21BrClFN4O4S. The van der Waals surface area contributed by atoms with Crippen molar-refractivity contribution in [2.24, 2.45) is 4.99 Å². The minimum absolute atomic E-state index is 0.0226. The average molecular weight is 548 g/mol.